The molecule has 0 aliphatic carbocycles. The summed E-state index contributed by atoms with van der Waals surface area (Å²) in [6.45, 7) is 8.21. The van der Waals surface area contributed by atoms with E-state index in [9.17, 15) is 50.4 Å². The first-order valence-electron chi connectivity index (χ1n) is 18.2. The second kappa shape index (κ2) is 16.6. The Morgan fingerprint density at radius 2 is 1.30 bits per heavy atom. The van der Waals surface area contributed by atoms with Crippen LogP contribution in [0.1, 0.15) is 37.5 Å². The quantitative estimate of drug-likeness (QED) is 0.0610. The number of carbonyl (C=O) groups excluding carboxylic acids is 3. The number of Topliss-reactive ketones (excluding diaryl/α,β-unsaturated/α-hetero) is 3. The van der Waals surface area contributed by atoms with E-state index in [0.717, 1.165) is 6.08 Å². The molecular formula is C41H50O14Si. The van der Waals surface area contributed by atoms with Gasteiger partial charge in [0.15, 0.2) is 17.7 Å². The largest absolute Gasteiger partial charge is 0.394 e. The zero-order chi connectivity index (χ0) is 41.3. The fourth-order valence-corrected chi connectivity index (χ4v) is 8.26. The van der Waals surface area contributed by atoms with E-state index >= 15 is 4.79 Å². The molecule has 56 heavy (non-hydrogen) atoms. The van der Waals surface area contributed by atoms with Gasteiger partial charge in [-0.3, -0.25) is 14.4 Å². The van der Waals surface area contributed by atoms with Gasteiger partial charge in [-0.05, 0) is 12.5 Å². The molecule has 0 amide bonds. The van der Waals surface area contributed by atoms with Gasteiger partial charge in [0.05, 0.1) is 6.61 Å². The normalized spacial score (nSPS) is 34.0. The summed E-state index contributed by atoms with van der Waals surface area (Å²) in [6, 6.07) is 21.1. The number of ether oxygens (including phenoxy) is 3. The van der Waals surface area contributed by atoms with Crippen molar-refractivity contribution in [1.29, 1.82) is 0 Å². The maximum Gasteiger partial charge on any atom is 0.218 e. The van der Waals surface area contributed by atoms with Crippen molar-refractivity contribution >= 4 is 25.4 Å². The molecule has 2 aliphatic heterocycles. The smallest absolute Gasteiger partial charge is 0.218 e. The minimum Gasteiger partial charge on any atom is -0.394 e. The highest BCUT2D eigenvalue weighted by Gasteiger charge is 2.83. The van der Waals surface area contributed by atoms with Gasteiger partial charge in [-0.15, -0.1) is 6.58 Å². The van der Waals surface area contributed by atoms with Crippen molar-refractivity contribution in [2.45, 2.75) is 97.4 Å². The number of carbonyl (C=O) groups is 3. The average Bonchev–Trinajstić information content (AvgIpc) is 3.19. The van der Waals surface area contributed by atoms with Crippen LogP contribution in [0.3, 0.4) is 0 Å². The molecule has 0 saturated carbocycles. The van der Waals surface area contributed by atoms with E-state index in [1.165, 1.54) is 78.9 Å². The Balaban J connectivity index is 1.90. The Labute approximate surface area is 325 Å². The molecule has 8 N–H and O–H groups in total. The number of hydrogen-bond acceptors (Lipinski definition) is 14. The second-order valence-corrected chi connectivity index (χ2v) is 21.2. The van der Waals surface area contributed by atoms with Crippen LogP contribution >= 0.6 is 0 Å². The summed E-state index contributed by atoms with van der Waals surface area (Å²) < 4.78 is 18.1. The number of benzene rings is 3. The fourth-order valence-electron chi connectivity index (χ4n) is 7.53. The lowest BCUT2D eigenvalue weighted by Crippen LogP contribution is -2.91. The van der Waals surface area contributed by atoms with E-state index in [1.54, 1.807) is 12.1 Å². The first-order chi connectivity index (χ1) is 26.3. The Hall–Kier alpha value is -3.81. The third kappa shape index (κ3) is 7.28. The number of hydrogen-bond donors (Lipinski definition) is 8. The van der Waals surface area contributed by atoms with Gasteiger partial charge < -0.3 is 55.1 Å². The van der Waals surface area contributed by atoms with Gasteiger partial charge in [-0.25, -0.2) is 0 Å². The predicted octanol–water partition coefficient (Wildman–Crippen LogP) is 1.06. The first-order valence-corrected chi connectivity index (χ1v) is 21.9. The van der Waals surface area contributed by atoms with Crippen molar-refractivity contribution < 1.29 is 69.4 Å². The van der Waals surface area contributed by atoms with E-state index < -0.39 is 109 Å². The molecule has 11 atom stereocenters. The standard InChI is InChI=1S/C41H50O14Si/c1-5-21-38(49)33(47)28(24-42)54-36(34(38)48)40(51)35(30(44)29(43)25-15-9-6-10-16-25)55-37(53-22-23-56(2,3)4)39(50,31(45)26-17-11-7-12-18-26)41(40,52)32(46)27-19-13-8-14-20-27/h5-20,28,30,33-37,42,44,47-52H,1,21-24H2,2-4H3/t28-,30?,33+,34+,35-,36-,37+,38+,39+,40-,41-/m1/s1. The van der Waals surface area contributed by atoms with E-state index in [1.807, 2.05) is 19.6 Å². The van der Waals surface area contributed by atoms with Gasteiger partial charge in [0.25, 0.3) is 0 Å². The summed E-state index contributed by atoms with van der Waals surface area (Å²) in [6.07, 6.45) is -16.4. The molecule has 2 aliphatic rings. The topological polar surface area (TPSA) is 241 Å². The number of ketones is 3. The van der Waals surface area contributed by atoms with E-state index in [-0.39, 0.29) is 17.7 Å². The molecule has 302 valence electrons. The zero-order valence-corrected chi connectivity index (χ0v) is 32.3. The van der Waals surface area contributed by atoms with Gasteiger partial charge in [0.2, 0.25) is 22.8 Å². The minimum atomic E-state index is -4.03. The fraction of sp³-hybridized carbons (Fsp3) is 0.439. The van der Waals surface area contributed by atoms with E-state index in [2.05, 4.69) is 6.58 Å². The Bertz CT molecular complexity index is 1860. The highest BCUT2D eigenvalue weighted by Crippen LogP contribution is 2.54. The van der Waals surface area contributed by atoms with Crippen molar-refractivity contribution in [3.8, 4) is 0 Å². The zero-order valence-electron chi connectivity index (χ0n) is 31.3. The molecule has 14 nitrogen and oxygen atoms in total. The summed E-state index contributed by atoms with van der Waals surface area (Å²) in [4.78, 5) is 44.2. The first kappa shape index (κ1) is 43.3. The lowest BCUT2D eigenvalue weighted by atomic mass is 9.55. The second-order valence-electron chi connectivity index (χ2n) is 15.6. The molecule has 1 unspecified atom stereocenters. The molecular weight excluding hydrogens is 745 g/mol. The minimum absolute atomic E-state index is 0.141. The van der Waals surface area contributed by atoms with Crippen LogP contribution in [-0.2, 0) is 14.2 Å². The van der Waals surface area contributed by atoms with Crippen molar-refractivity contribution in [1.82, 2.24) is 0 Å². The molecule has 2 heterocycles. The summed E-state index contributed by atoms with van der Waals surface area (Å²) in [5.41, 5.74) is -15.2. The SMILES string of the molecule is C=CC[C@@]1(O)[C@@H](O)[C@H]([C@]2(O)[C@@H](C(O)C(=O)c3ccccc3)O[C@H](OCC[Si](C)(C)C)[C@@](O)(C(=O)c3ccccc3)[C@]2(O)C(=O)c2ccccc2)O[C@H](CO)[C@@H]1O. The number of rotatable bonds is 15. The maximum absolute atomic E-state index is 15.2. The molecule has 2 fully saturated rings. The molecule has 0 radical (unpaired) electrons. The van der Waals surface area contributed by atoms with Crippen LogP contribution in [0.15, 0.2) is 104 Å². The Morgan fingerprint density at radius 3 is 1.79 bits per heavy atom. The molecule has 0 aromatic heterocycles. The molecule has 3 aromatic rings. The van der Waals surface area contributed by atoms with Crippen molar-refractivity contribution in [3.05, 3.63) is 120 Å². The molecule has 3 aromatic carbocycles. The molecule has 15 heteroatoms. The van der Waals surface area contributed by atoms with Gasteiger partial charge in [-0.1, -0.05) is 117 Å². The number of aliphatic hydroxyl groups excluding tert-OH is 4. The third-order valence-electron chi connectivity index (χ3n) is 10.7. The van der Waals surface area contributed by atoms with Crippen molar-refractivity contribution in [2.75, 3.05) is 13.2 Å². The van der Waals surface area contributed by atoms with Gasteiger partial charge in [0.1, 0.15) is 42.2 Å². The van der Waals surface area contributed by atoms with Crippen LogP contribution in [0, 0.1) is 0 Å². The Morgan fingerprint density at radius 1 is 0.804 bits per heavy atom. The van der Waals surface area contributed by atoms with Gasteiger partial charge in [-0.2, -0.15) is 0 Å². The van der Waals surface area contributed by atoms with Crippen molar-refractivity contribution in [3.63, 3.8) is 0 Å². The van der Waals surface area contributed by atoms with E-state index in [0.29, 0.717) is 6.04 Å². The number of aliphatic hydroxyl groups is 8. The van der Waals surface area contributed by atoms with Gasteiger partial charge >= 0.3 is 0 Å². The van der Waals surface area contributed by atoms with Crippen LogP contribution in [0.5, 0.6) is 0 Å². The molecule has 0 spiro atoms. The molecule has 0 bridgehead atoms. The van der Waals surface area contributed by atoms with Crippen LogP contribution < -0.4 is 0 Å². The Kier molecular flexibility index (Phi) is 12.8. The van der Waals surface area contributed by atoms with Gasteiger partial charge in [0, 0.05) is 31.4 Å². The van der Waals surface area contributed by atoms with Crippen LogP contribution in [0.25, 0.3) is 0 Å². The maximum atomic E-state index is 15.2. The third-order valence-corrected chi connectivity index (χ3v) is 12.4. The summed E-state index contributed by atoms with van der Waals surface area (Å²) in [5, 5.41) is 97.6. The highest BCUT2D eigenvalue weighted by molar-refractivity contribution is 6.76. The lowest BCUT2D eigenvalue weighted by molar-refractivity contribution is -0.411. The molecule has 5 rings (SSSR count). The summed E-state index contributed by atoms with van der Waals surface area (Å²) >= 11 is 0. The van der Waals surface area contributed by atoms with Crippen molar-refractivity contribution in [2.24, 2.45) is 0 Å². The molecule has 2 saturated heterocycles. The van der Waals surface area contributed by atoms with Crippen LogP contribution in [0.4, 0.5) is 0 Å². The lowest BCUT2D eigenvalue weighted by Gasteiger charge is -2.63. The summed E-state index contributed by atoms with van der Waals surface area (Å²) in [7, 11) is -1.96. The average molecular weight is 795 g/mol. The summed E-state index contributed by atoms with van der Waals surface area (Å²) in [5.74, 6) is -4.14. The van der Waals surface area contributed by atoms with E-state index in [4.69, 9.17) is 14.2 Å². The predicted molar refractivity (Wildman–Crippen MR) is 203 cm³/mol. The highest BCUT2D eigenvalue weighted by atomic mass is 28.3. The van der Waals surface area contributed by atoms with Crippen LogP contribution in [0.2, 0.25) is 25.7 Å². The van der Waals surface area contributed by atoms with Crippen LogP contribution in [-0.4, -0.2) is 145 Å². The monoisotopic (exact) mass is 794 g/mol.